The van der Waals surface area contributed by atoms with Gasteiger partial charge in [0.05, 0.1) is 26.4 Å². The number of thiophene rings is 1. The first-order valence-electron chi connectivity index (χ1n) is 19.9. The fourth-order valence-electron chi connectivity index (χ4n) is 7.66. The van der Waals surface area contributed by atoms with E-state index in [4.69, 9.17) is 23.7 Å². The van der Waals surface area contributed by atoms with Crippen LogP contribution in [0.15, 0.2) is 140 Å². The van der Waals surface area contributed by atoms with Crippen molar-refractivity contribution in [3.05, 3.63) is 194 Å². The normalized spacial score (nSPS) is 20.6. The Labute approximate surface area is 339 Å². The Morgan fingerprint density at radius 1 is 0.702 bits per heavy atom. The van der Waals surface area contributed by atoms with Crippen molar-refractivity contribution in [3.63, 3.8) is 0 Å². The van der Waals surface area contributed by atoms with Crippen LogP contribution < -0.4 is 10.1 Å². The van der Waals surface area contributed by atoms with Crippen LogP contribution in [0.25, 0.3) is 0 Å². The lowest BCUT2D eigenvalue weighted by atomic mass is 9.88. The molecule has 6 nitrogen and oxygen atoms in total. The van der Waals surface area contributed by atoms with E-state index in [1.807, 2.05) is 121 Å². The average molecular weight is 784 g/mol. The number of fused-ring (bicyclic) bond motifs is 1. The Morgan fingerprint density at radius 3 is 1.89 bits per heavy atom. The zero-order chi connectivity index (χ0) is 38.8. The van der Waals surface area contributed by atoms with Gasteiger partial charge in [-0.15, -0.1) is 11.3 Å². The van der Waals surface area contributed by atoms with Crippen LogP contribution in [-0.4, -0.2) is 37.6 Å². The monoisotopic (exact) mass is 783 g/mol. The Hall–Kier alpha value is -4.67. The van der Waals surface area contributed by atoms with Crippen molar-refractivity contribution in [1.29, 1.82) is 0 Å². The number of hydrogen-bond acceptors (Lipinski definition) is 7. The van der Waals surface area contributed by atoms with Crippen molar-refractivity contribution in [2.45, 2.75) is 83.3 Å². The predicted octanol–water partition coefficient (Wildman–Crippen LogP) is 10.0. The van der Waals surface area contributed by atoms with Crippen molar-refractivity contribution < 1.29 is 28.1 Å². The van der Waals surface area contributed by atoms with E-state index in [9.17, 15) is 0 Å². The van der Waals surface area contributed by atoms with Crippen LogP contribution in [-0.2, 0) is 64.8 Å². The van der Waals surface area contributed by atoms with Crippen molar-refractivity contribution in [1.82, 2.24) is 5.32 Å². The maximum atomic E-state index is 17.2. The first-order valence-corrected chi connectivity index (χ1v) is 20.7. The Morgan fingerprint density at radius 2 is 1.28 bits per heavy atom. The molecular weight excluding hydrogens is 734 g/mol. The molecule has 0 spiro atoms. The smallest absolute Gasteiger partial charge is 0.157 e. The van der Waals surface area contributed by atoms with Gasteiger partial charge in [-0.05, 0) is 70.5 Å². The van der Waals surface area contributed by atoms with E-state index in [0.717, 1.165) is 64.9 Å². The van der Waals surface area contributed by atoms with Crippen LogP contribution >= 0.6 is 11.3 Å². The largest absolute Gasteiger partial charge is 0.489 e. The highest BCUT2D eigenvalue weighted by atomic mass is 32.1. The van der Waals surface area contributed by atoms with E-state index < -0.39 is 30.6 Å². The van der Waals surface area contributed by atoms with Crippen LogP contribution in [0, 0.1) is 6.92 Å². The molecular formula is C49H50FNO5S. The van der Waals surface area contributed by atoms with Crippen LogP contribution in [0.2, 0.25) is 0 Å². The molecule has 0 aliphatic carbocycles. The van der Waals surface area contributed by atoms with E-state index in [1.54, 1.807) is 0 Å². The van der Waals surface area contributed by atoms with Gasteiger partial charge in [0.25, 0.3) is 0 Å². The first-order chi connectivity index (χ1) is 28.1. The molecule has 1 fully saturated rings. The molecule has 8 heteroatoms. The molecule has 2 aliphatic heterocycles. The second-order valence-electron chi connectivity index (χ2n) is 14.9. The second-order valence-corrected chi connectivity index (χ2v) is 16.1. The highest BCUT2D eigenvalue weighted by molar-refractivity contribution is 7.12. The molecule has 57 heavy (non-hydrogen) atoms. The number of benzene rings is 5. The highest BCUT2D eigenvalue weighted by Crippen LogP contribution is 2.43. The maximum absolute atomic E-state index is 17.2. The van der Waals surface area contributed by atoms with Gasteiger partial charge in [0.15, 0.2) is 6.17 Å². The first kappa shape index (κ1) is 39.2. The molecule has 6 aromatic rings. The van der Waals surface area contributed by atoms with E-state index in [1.165, 1.54) is 15.3 Å². The zero-order valence-corrected chi connectivity index (χ0v) is 33.2. The van der Waals surface area contributed by atoms with Gasteiger partial charge in [0, 0.05) is 34.8 Å². The summed E-state index contributed by atoms with van der Waals surface area (Å²) in [6.07, 6.45) is -3.18. The summed E-state index contributed by atoms with van der Waals surface area (Å²) in [5.41, 5.74) is 8.45. The summed E-state index contributed by atoms with van der Waals surface area (Å²) < 4.78 is 50.4. The zero-order valence-electron chi connectivity index (χ0n) is 32.4. The summed E-state index contributed by atoms with van der Waals surface area (Å²) in [6, 6.07) is 46.5. The third kappa shape index (κ3) is 10.1. The van der Waals surface area contributed by atoms with Crippen molar-refractivity contribution in [2.24, 2.45) is 0 Å². The molecule has 1 aromatic heterocycles. The quantitative estimate of drug-likeness (QED) is 0.106. The summed E-state index contributed by atoms with van der Waals surface area (Å²) in [4.78, 5) is 2.78. The number of hydrogen-bond donors (Lipinski definition) is 1. The van der Waals surface area contributed by atoms with Crippen LogP contribution in [0.1, 0.15) is 60.4 Å². The van der Waals surface area contributed by atoms with Gasteiger partial charge in [0.2, 0.25) is 0 Å². The van der Waals surface area contributed by atoms with E-state index in [0.29, 0.717) is 19.0 Å². The van der Waals surface area contributed by atoms with Gasteiger partial charge in [-0.1, -0.05) is 121 Å². The van der Waals surface area contributed by atoms with Crippen LogP contribution in [0.4, 0.5) is 4.39 Å². The SMILES string of the molecule is Cc1cc(OCc2ccccc2)c([C@@H]2O[C@H](COCc3ccccc3)[C@@H](F)[C@H](OCc3ccccc3)[C@H]2OCc2ccccc2)cc1Cc1cc2c(s1)CCNC2. The van der Waals surface area contributed by atoms with E-state index in [2.05, 4.69) is 42.6 Å². The van der Waals surface area contributed by atoms with E-state index in [-0.39, 0.29) is 19.8 Å². The maximum Gasteiger partial charge on any atom is 0.157 e. The molecule has 0 unspecified atom stereocenters. The van der Waals surface area contributed by atoms with Crippen molar-refractivity contribution in [2.75, 3.05) is 13.2 Å². The fourth-order valence-corrected chi connectivity index (χ4v) is 8.88. The molecule has 0 saturated carbocycles. The van der Waals surface area contributed by atoms with Crippen LogP contribution in [0.3, 0.4) is 0 Å². The molecule has 0 amide bonds. The fraction of sp³-hybridized carbons (Fsp3) is 0.306. The van der Waals surface area contributed by atoms with Crippen LogP contribution in [0.5, 0.6) is 5.75 Å². The molecule has 1 N–H and O–H groups in total. The number of alkyl halides is 1. The van der Waals surface area contributed by atoms with Gasteiger partial charge in [0.1, 0.15) is 36.8 Å². The minimum atomic E-state index is -1.54. The van der Waals surface area contributed by atoms with Gasteiger partial charge < -0.3 is 29.0 Å². The summed E-state index contributed by atoms with van der Waals surface area (Å²) >= 11 is 1.90. The van der Waals surface area contributed by atoms with Crippen molar-refractivity contribution in [3.8, 4) is 5.75 Å². The molecule has 5 aromatic carbocycles. The van der Waals surface area contributed by atoms with Crippen molar-refractivity contribution >= 4 is 11.3 Å². The number of nitrogens with one attached hydrogen (secondary N) is 1. The lowest BCUT2D eigenvalue weighted by Gasteiger charge is -2.44. The Kier molecular flexibility index (Phi) is 13.2. The van der Waals surface area contributed by atoms with Gasteiger partial charge in [-0.2, -0.15) is 0 Å². The molecule has 2 aliphatic rings. The molecule has 8 rings (SSSR count). The number of rotatable bonds is 16. The summed E-state index contributed by atoms with van der Waals surface area (Å²) in [5, 5.41) is 3.51. The number of halogens is 1. The third-order valence-corrected chi connectivity index (χ3v) is 12.0. The Bertz CT molecular complexity index is 2130. The molecule has 3 heterocycles. The van der Waals surface area contributed by atoms with Gasteiger partial charge in [-0.25, -0.2) is 4.39 Å². The molecule has 1 saturated heterocycles. The second kappa shape index (κ2) is 19.2. The Balaban J connectivity index is 1.18. The molecule has 0 bridgehead atoms. The summed E-state index contributed by atoms with van der Waals surface area (Å²) in [6.45, 7) is 5.26. The summed E-state index contributed by atoms with van der Waals surface area (Å²) in [5.74, 6) is 0.677. The molecule has 5 atom stereocenters. The van der Waals surface area contributed by atoms with E-state index >= 15 is 4.39 Å². The molecule has 294 valence electrons. The lowest BCUT2D eigenvalue weighted by Crippen LogP contribution is -2.55. The minimum absolute atomic E-state index is 0.0386. The third-order valence-electron chi connectivity index (χ3n) is 10.7. The number of ether oxygens (including phenoxy) is 5. The highest BCUT2D eigenvalue weighted by Gasteiger charge is 2.49. The standard InChI is InChI=1S/C49H50FNO5S/c1-34-24-43(53-30-36-16-8-3-9-17-36)42(27-39(34)25-41-26-40-28-51-23-22-45(40)57-41)47-49(55-32-38-20-12-5-13-21-38)48(54-31-37-18-10-4-11-19-37)46(50)44(56-47)33-52-29-35-14-6-2-7-15-35/h2-21,24,26-27,44,46-49,51H,22-23,25,28-33H2,1H3/t44-,46-,47+,48+,49+/m1/s1. The minimum Gasteiger partial charge on any atom is -0.489 e. The summed E-state index contributed by atoms with van der Waals surface area (Å²) in [7, 11) is 0. The molecule has 0 radical (unpaired) electrons. The van der Waals surface area contributed by atoms with Gasteiger partial charge >= 0.3 is 0 Å². The number of aryl methyl sites for hydroxylation is 1. The predicted molar refractivity (Wildman–Crippen MR) is 223 cm³/mol. The van der Waals surface area contributed by atoms with Gasteiger partial charge in [-0.3, -0.25) is 0 Å². The lowest BCUT2D eigenvalue weighted by molar-refractivity contribution is -0.248. The topological polar surface area (TPSA) is 58.2 Å². The average Bonchev–Trinajstić information content (AvgIpc) is 3.67.